The van der Waals surface area contributed by atoms with Gasteiger partial charge >= 0.3 is 0 Å². The number of carbonyl (C=O) groups is 1. The second kappa shape index (κ2) is 4.98. The van der Waals surface area contributed by atoms with Crippen LogP contribution in [0.4, 0.5) is 0 Å². The highest BCUT2D eigenvalue weighted by Gasteiger charge is 2.40. The van der Waals surface area contributed by atoms with Crippen LogP contribution in [0.5, 0.6) is 0 Å². The monoisotopic (exact) mass is 237 g/mol. The quantitative estimate of drug-likeness (QED) is 0.788. The number of aryl methyl sites for hydroxylation is 1. The zero-order valence-electron chi connectivity index (χ0n) is 10.2. The lowest BCUT2D eigenvalue weighted by molar-refractivity contribution is 0.0194. The molecule has 5 nitrogen and oxygen atoms in total. The summed E-state index contributed by atoms with van der Waals surface area (Å²) in [7, 11) is 0. The molecule has 0 atom stereocenters. The first-order chi connectivity index (χ1) is 8.23. The fourth-order valence-electron chi connectivity index (χ4n) is 2.34. The number of rotatable bonds is 4. The van der Waals surface area contributed by atoms with Gasteiger partial charge in [0.1, 0.15) is 5.69 Å². The van der Waals surface area contributed by atoms with E-state index in [4.69, 9.17) is 10.5 Å². The molecule has 2 heterocycles. The van der Waals surface area contributed by atoms with Crippen LogP contribution in [0.15, 0.2) is 12.3 Å². The molecule has 94 valence electrons. The molecule has 0 saturated carbocycles. The summed E-state index contributed by atoms with van der Waals surface area (Å²) >= 11 is 0. The Balaban J connectivity index is 2.28. The van der Waals surface area contributed by atoms with Gasteiger partial charge in [-0.25, -0.2) is 0 Å². The Kier molecular flexibility index (Phi) is 3.59. The van der Waals surface area contributed by atoms with Gasteiger partial charge in [0, 0.05) is 32.5 Å². The van der Waals surface area contributed by atoms with E-state index in [9.17, 15) is 4.79 Å². The molecule has 1 fully saturated rings. The average molecular weight is 237 g/mol. The zero-order chi connectivity index (χ0) is 12.3. The van der Waals surface area contributed by atoms with Crippen molar-refractivity contribution in [3.05, 3.63) is 18.0 Å². The normalized spacial score (nSPS) is 19.2. The number of hydrogen-bond donors (Lipinski definition) is 1. The summed E-state index contributed by atoms with van der Waals surface area (Å²) in [6.45, 7) is 4.28. The fourth-order valence-corrected chi connectivity index (χ4v) is 2.34. The highest BCUT2D eigenvalue weighted by Crippen LogP contribution is 2.33. The summed E-state index contributed by atoms with van der Waals surface area (Å²) in [6.07, 6.45) is 3.08. The third-order valence-electron chi connectivity index (χ3n) is 3.57. The molecule has 0 aromatic carbocycles. The highest BCUT2D eigenvalue weighted by atomic mass is 16.5. The first kappa shape index (κ1) is 12.3. The number of aromatic nitrogens is 2. The number of nitrogens with two attached hydrogens (primary N) is 1. The lowest BCUT2D eigenvalue weighted by Gasteiger charge is -2.34. The third-order valence-corrected chi connectivity index (χ3v) is 3.57. The van der Waals surface area contributed by atoms with E-state index in [0.717, 1.165) is 0 Å². The van der Waals surface area contributed by atoms with Crippen LogP contribution in [0, 0.1) is 5.41 Å². The van der Waals surface area contributed by atoms with Crippen LogP contribution >= 0.6 is 0 Å². The van der Waals surface area contributed by atoms with E-state index >= 15 is 0 Å². The van der Waals surface area contributed by atoms with Gasteiger partial charge in [-0.2, -0.15) is 5.10 Å². The Morgan fingerprint density at radius 1 is 1.59 bits per heavy atom. The summed E-state index contributed by atoms with van der Waals surface area (Å²) in [5.41, 5.74) is 6.04. The third kappa shape index (κ3) is 2.12. The first-order valence-corrected chi connectivity index (χ1v) is 6.08. The number of carbonyl (C=O) groups excluding carboxylic acids is 1. The minimum atomic E-state index is -0.453. The number of hydrogen-bond acceptors (Lipinski definition) is 4. The van der Waals surface area contributed by atoms with Crippen molar-refractivity contribution < 1.29 is 9.53 Å². The Labute approximate surface area is 101 Å². The standard InChI is InChI=1S/C12H19N3O2/c1-2-15-10(3-6-14-15)11(16)12(9-13)4-7-17-8-5-12/h3,6H,2,4-5,7-9,13H2,1H3. The second-order valence-corrected chi connectivity index (χ2v) is 4.46. The molecule has 17 heavy (non-hydrogen) atoms. The molecule has 1 aromatic rings. The van der Waals surface area contributed by atoms with Crippen LogP contribution in [-0.4, -0.2) is 35.3 Å². The predicted octanol–water partition coefficient (Wildman–Crippen LogP) is 0.841. The van der Waals surface area contributed by atoms with E-state index in [1.54, 1.807) is 16.9 Å². The molecule has 1 aliphatic rings. The van der Waals surface area contributed by atoms with E-state index in [1.807, 2.05) is 6.92 Å². The average Bonchev–Trinajstić information content (AvgIpc) is 2.86. The van der Waals surface area contributed by atoms with Crippen LogP contribution in [0.3, 0.4) is 0 Å². The van der Waals surface area contributed by atoms with Gasteiger partial charge in [0.05, 0.1) is 5.41 Å². The van der Waals surface area contributed by atoms with Crippen LogP contribution in [0.1, 0.15) is 30.3 Å². The van der Waals surface area contributed by atoms with E-state index in [1.165, 1.54) is 0 Å². The Bertz CT molecular complexity index is 394. The van der Waals surface area contributed by atoms with Crippen LogP contribution in [-0.2, 0) is 11.3 Å². The molecule has 1 aromatic heterocycles. The molecular formula is C12H19N3O2. The van der Waals surface area contributed by atoms with Gasteiger partial charge in [-0.15, -0.1) is 0 Å². The molecule has 5 heteroatoms. The first-order valence-electron chi connectivity index (χ1n) is 6.08. The molecule has 0 amide bonds. The van der Waals surface area contributed by atoms with Gasteiger partial charge in [0.15, 0.2) is 5.78 Å². The molecule has 0 spiro atoms. The van der Waals surface area contributed by atoms with Crippen LogP contribution < -0.4 is 5.73 Å². The summed E-state index contributed by atoms with van der Waals surface area (Å²) in [5.74, 6) is 0.114. The van der Waals surface area contributed by atoms with Gasteiger partial charge in [0.2, 0.25) is 0 Å². The molecular weight excluding hydrogens is 218 g/mol. The Morgan fingerprint density at radius 2 is 2.29 bits per heavy atom. The summed E-state index contributed by atoms with van der Waals surface area (Å²) in [4.78, 5) is 12.6. The van der Waals surface area contributed by atoms with Crippen molar-refractivity contribution in [3.8, 4) is 0 Å². The molecule has 2 rings (SSSR count). The van der Waals surface area contributed by atoms with Crippen molar-refractivity contribution >= 4 is 5.78 Å². The topological polar surface area (TPSA) is 70.1 Å². The molecule has 0 aliphatic carbocycles. The maximum Gasteiger partial charge on any atom is 0.188 e. The molecule has 1 saturated heterocycles. The van der Waals surface area contributed by atoms with Crippen molar-refractivity contribution in [2.45, 2.75) is 26.3 Å². The van der Waals surface area contributed by atoms with Crippen LogP contribution in [0.25, 0.3) is 0 Å². The maximum atomic E-state index is 12.6. The lowest BCUT2D eigenvalue weighted by atomic mass is 9.75. The Hall–Kier alpha value is -1.20. The van der Waals surface area contributed by atoms with E-state index in [-0.39, 0.29) is 5.78 Å². The minimum Gasteiger partial charge on any atom is -0.381 e. The highest BCUT2D eigenvalue weighted by molar-refractivity contribution is 5.99. The maximum absolute atomic E-state index is 12.6. The number of ketones is 1. The summed E-state index contributed by atoms with van der Waals surface area (Å²) < 4.78 is 7.05. The molecule has 1 aliphatic heterocycles. The van der Waals surface area contributed by atoms with E-state index in [0.29, 0.717) is 44.8 Å². The summed E-state index contributed by atoms with van der Waals surface area (Å²) in [6, 6.07) is 1.78. The smallest absolute Gasteiger partial charge is 0.188 e. The SMILES string of the molecule is CCn1nccc1C(=O)C1(CN)CCOCC1. The van der Waals surface area contributed by atoms with E-state index < -0.39 is 5.41 Å². The largest absolute Gasteiger partial charge is 0.381 e. The van der Waals surface area contributed by atoms with Gasteiger partial charge < -0.3 is 10.5 Å². The number of ether oxygens (including phenoxy) is 1. The van der Waals surface area contributed by atoms with E-state index in [2.05, 4.69) is 5.10 Å². The van der Waals surface area contributed by atoms with Gasteiger partial charge in [0.25, 0.3) is 0 Å². The van der Waals surface area contributed by atoms with Crippen molar-refractivity contribution in [2.24, 2.45) is 11.1 Å². The molecule has 0 radical (unpaired) electrons. The number of nitrogens with zero attached hydrogens (tertiary/aromatic N) is 2. The zero-order valence-corrected chi connectivity index (χ0v) is 10.2. The van der Waals surface area contributed by atoms with Crippen LogP contribution in [0.2, 0.25) is 0 Å². The molecule has 0 unspecified atom stereocenters. The number of Topliss-reactive ketones (excluding diaryl/α,β-unsaturated/α-hetero) is 1. The van der Waals surface area contributed by atoms with Crippen molar-refractivity contribution in [1.29, 1.82) is 0 Å². The molecule has 0 bridgehead atoms. The fraction of sp³-hybridized carbons (Fsp3) is 0.667. The van der Waals surface area contributed by atoms with Crippen molar-refractivity contribution in [3.63, 3.8) is 0 Å². The predicted molar refractivity (Wildman–Crippen MR) is 63.8 cm³/mol. The molecule has 2 N–H and O–H groups in total. The second-order valence-electron chi connectivity index (χ2n) is 4.46. The van der Waals surface area contributed by atoms with Gasteiger partial charge in [-0.1, -0.05) is 0 Å². The lowest BCUT2D eigenvalue weighted by Crippen LogP contribution is -2.44. The van der Waals surface area contributed by atoms with Gasteiger partial charge in [-0.3, -0.25) is 9.48 Å². The van der Waals surface area contributed by atoms with Gasteiger partial charge in [-0.05, 0) is 25.8 Å². The Morgan fingerprint density at radius 3 is 2.88 bits per heavy atom. The summed E-state index contributed by atoms with van der Waals surface area (Å²) in [5, 5.41) is 4.14. The van der Waals surface area contributed by atoms with Crippen molar-refractivity contribution in [2.75, 3.05) is 19.8 Å². The van der Waals surface area contributed by atoms with Crippen molar-refractivity contribution in [1.82, 2.24) is 9.78 Å². The minimum absolute atomic E-state index is 0.114.